The van der Waals surface area contributed by atoms with Gasteiger partial charge in [-0.05, 0) is 44.0 Å². The van der Waals surface area contributed by atoms with Gasteiger partial charge in [-0.1, -0.05) is 12.1 Å². The maximum Gasteiger partial charge on any atom is 0.389 e. The Morgan fingerprint density at radius 2 is 1.55 bits per heavy atom. The molecule has 0 radical (unpaired) electrons. The zero-order valence-corrected chi connectivity index (χ0v) is 22.4. The molecule has 2 N–H and O–H groups in total. The van der Waals surface area contributed by atoms with Crippen LogP contribution in [0, 0.1) is 19.8 Å². The summed E-state index contributed by atoms with van der Waals surface area (Å²) in [5.41, 5.74) is 6.39. The van der Waals surface area contributed by atoms with Crippen LogP contribution < -0.4 is 11.3 Å². The minimum Gasteiger partial charge on any atom is -0.462 e. The van der Waals surface area contributed by atoms with Crippen molar-refractivity contribution in [2.24, 2.45) is 16.8 Å². The summed E-state index contributed by atoms with van der Waals surface area (Å²) in [6.07, 6.45) is -2.05. The van der Waals surface area contributed by atoms with Crippen LogP contribution in [-0.2, 0) is 40.0 Å². The summed E-state index contributed by atoms with van der Waals surface area (Å²) in [6, 6.07) is 3.41. The Kier molecular flexibility index (Phi) is 10.1. The third kappa shape index (κ3) is 7.85. The molecule has 0 spiro atoms. The lowest BCUT2D eigenvalue weighted by Crippen LogP contribution is -2.43. The Hall–Kier alpha value is -4.29. The highest BCUT2D eigenvalue weighted by atomic mass is 16.7. The summed E-state index contributed by atoms with van der Waals surface area (Å²) in [5, 5.41) is 3.39. The first-order chi connectivity index (χ1) is 17.7. The number of nitrogens with two attached hydrogens (primary N) is 1. The SMILES string of the molecule is CC(=O)OC[C@@H](OC(C)=O)[C@@H](C)[C@H](Cn1c(=O)c(C(=O)O/N=C(/C)N)nc2cc(C)c(C)cc21)OC(C)=O. The van der Waals surface area contributed by atoms with Gasteiger partial charge in [-0.3, -0.25) is 19.2 Å². The van der Waals surface area contributed by atoms with E-state index in [9.17, 15) is 24.0 Å². The number of esters is 3. The minimum atomic E-state index is -1.13. The summed E-state index contributed by atoms with van der Waals surface area (Å²) in [4.78, 5) is 70.2. The second kappa shape index (κ2) is 12.8. The van der Waals surface area contributed by atoms with Crippen LogP contribution in [0.25, 0.3) is 11.0 Å². The molecular weight excluding hydrogens is 500 g/mol. The number of carbonyl (C=O) groups is 4. The first-order valence-corrected chi connectivity index (χ1v) is 11.7. The number of nitrogens with zero attached hydrogens (tertiary/aromatic N) is 3. The average molecular weight is 533 g/mol. The van der Waals surface area contributed by atoms with Crippen LogP contribution in [0.2, 0.25) is 0 Å². The molecule has 13 nitrogen and oxygen atoms in total. The van der Waals surface area contributed by atoms with Crippen LogP contribution in [0.3, 0.4) is 0 Å². The summed E-state index contributed by atoms with van der Waals surface area (Å²) >= 11 is 0. The standard InChI is InChI=1S/C25H32N4O9/c1-12-8-19-20(9-13(12)2)29(24(33)23(27-19)25(34)38-28-15(4)26)10-21(36-17(6)31)14(3)22(37-18(7)32)11-35-16(5)30/h8-9,14,21-22H,10-11H2,1-7H3,(H2,26,28)/t14-,21-,22+/m0/s1. The summed E-state index contributed by atoms with van der Waals surface area (Å²) in [6.45, 7) is 9.70. The lowest BCUT2D eigenvalue weighted by molar-refractivity contribution is -0.167. The Bertz CT molecular complexity index is 1330. The summed E-state index contributed by atoms with van der Waals surface area (Å²) < 4.78 is 17.1. The maximum atomic E-state index is 13.5. The maximum absolute atomic E-state index is 13.5. The fourth-order valence-electron chi connectivity index (χ4n) is 3.62. The predicted molar refractivity (Wildman–Crippen MR) is 135 cm³/mol. The number of rotatable bonds is 10. The van der Waals surface area contributed by atoms with Gasteiger partial charge in [0, 0.05) is 26.7 Å². The molecule has 0 fully saturated rings. The Labute approximate surface area is 218 Å². The molecule has 0 bridgehead atoms. The number of hydrogen-bond donors (Lipinski definition) is 1. The minimum absolute atomic E-state index is 0.0426. The number of hydrogen-bond acceptors (Lipinski definition) is 11. The van der Waals surface area contributed by atoms with Crippen LogP contribution in [-0.4, -0.2) is 58.1 Å². The Morgan fingerprint density at radius 1 is 0.974 bits per heavy atom. The largest absolute Gasteiger partial charge is 0.462 e. The van der Waals surface area contributed by atoms with Crippen LogP contribution in [0.5, 0.6) is 0 Å². The van der Waals surface area contributed by atoms with Crippen LogP contribution >= 0.6 is 0 Å². The highest BCUT2D eigenvalue weighted by Crippen LogP contribution is 2.22. The van der Waals surface area contributed by atoms with Crippen molar-refractivity contribution in [1.29, 1.82) is 0 Å². The second-order valence-electron chi connectivity index (χ2n) is 8.87. The second-order valence-corrected chi connectivity index (χ2v) is 8.87. The molecule has 0 aliphatic rings. The van der Waals surface area contributed by atoms with Crippen molar-refractivity contribution >= 4 is 40.7 Å². The van der Waals surface area contributed by atoms with Gasteiger partial charge in [0.15, 0.2) is 0 Å². The number of fused-ring (bicyclic) bond motifs is 1. The molecule has 2 aromatic rings. The monoisotopic (exact) mass is 532 g/mol. The smallest absolute Gasteiger partial charge is 0.389 e. The average Bonchev–Trinajstić information content (AvgIpc) is 2.81. The molecule has 2 rings (SSSR count). The third-order valence-electron chi connectivity index (χ3n) is 5.65. The van der Waals surface area contributed by atoms with Gasteiger partial charge in [-0.25, -0.2) is 9.78 Å². The van der Waals surface area contributed by atoms with Gasteiger partial charge in [-0.2, -0.15) is 0 Å². The van der Waals surface area contributed by atoms with E-state index in [1.54, 1.807) is 19.1 Å². The summed E-state index contributed by atoms with van der Waals surface area (Å²) in [5.74, 6) is -3.82. The van der Waals surface area contributed by atoms with Crippen LogP contribution in [0.4, 0.5) is 0 Å². The molecular formula is C25H32N4O9. The number of aryl methyl sites for hydroxylation is 2. The molecule has 206 valence electrons. The van der Waals surface area contributed by atoms with Crippen LogP contribution in [0.1, 0.15) is 56.2 Å². The molecule has 0 saturated carbocycles. The van der Waals surface area contributed by atoms with Crippen molar-refractivity contribution in [3.8, 4) is 0 Å². The van der Waals surface area contributed by atoms with Gasteiger partial charge >= 0.3 is 23.9 Å². The Balaban J connectivity index is 2.67. The number of aromatic nitrogens is 2. The van der Waals surface area contributed by atoms with E-state index in [1.807, 2.05) is 13.8 Å². The van der Waals surface area contributed by atoms with Crippen LogP contribution in [0.15, 0.2) is 22.1 Å². The van der Waals surface area contributed by atoms with E-state index >= 15 is 0 Å². The van der Waals surface area contributed by atoms with Crippen molar-refractivity contribution < 1.29 is 38.2 Å². The van der Waals surface area contributed by atoms with E-state index < -0.39 is 53.3 Å². The quantitative estimate of drug-likeness (QED) is 0.117. The van der Waals surface area contributed by atoms with Crippen molar-refractivity contribution in [3.63, 3.8) is 0 Å². The molecule has 1 aromatic heterocycles. The van der Waals surface area contributed by atoms with E-state index in [0.29, 0.717) is 11.0 Å². The van der Waals surface area contributed by atoms with Crippen molar-refractivity contribution in [3.05, 3.63) is 39.3 Å². The number of oxime groups is 1. The first-order valence-electron chi connectivity index (χ1n) is 11.7. The fourth-order valence-corrected chi connectivity index (χ4v) is 3.62. The van der Waals surface area contributed by atoms with Gasteiger partial charge in [0.25, 0.3) is 5.56 Å². The lowest BCUT2D eigenvalue weighted by Gasteiger charge is -2.30. The molecule has 1 aromatic carbocycles. The van der Waals surface area contributed by atoms with Crippen molar-refractivity contribution in [2.75, 3.05) is 6.61 Å². The van der Waals surface area contributed by atoms with Gasteiger partial charge in [0.05, 0.1) is 17.6 Å². The molecule has 0 unspecified atom stereocenters. The number of carbonyl (C=O) groups excluding carboxylic acids is 4. The van der Waals surface area contributed by atoms with E-state index in [4.69, 9.17) is 24.8 Å². The highest BCUT2D eigenvalue weighted by Gasteiger charge is 2.33. The molecule has 0 aliphatic carbocycles. The molecule has 3 atom stereocenters. The van der Waals surface area contributed by atoms with E-state index in [1.165, 1.54) is 32.3 Å². The number of benzene rings is 1. The van der Waals surface area contributed by atoms with Crippen molar-refractivity contribution in [1.82, 2.24) is 9.55 Å². The van der Waals surface area contributed by atoms with Gasteiger partial charge < -0.3 is 29.3 Å². The van der Waals surface area contributed by atoms with Gasteiger partial charge in [0.2, 0.25) is 5.69 Å². The van der Waals surface area contributed by atoms with Gasteiger partial charge in [-0.15, -0.1) is 0 Å². The lowest BCUT2D eigenvalue weighted by atomic mass is 9.97. The summed E-state index contributed by atoms with van der Waals surface area (Å²) in [7, 11) is 0. The third-order valence-corrected chi connectivity index (χ3v) is 5.65. The molecule has 0 aliphatic heterocycles. The number of ether oxygens (including phenoxy) is 3. The fraction of sp³-hybridized carbons (Fsp3) is 0.480. The number of amidine groups is 1. The van der Waals surface area contributed by atoms with E-state index in [0.717, 1.165) is 11.1 Å². The van der Waals surface area contributed by atoms with E-state index in [-0.39, 0.29) is 19.0 Å². The molecule has 1 heterocycles. The first kappa shape index (κ1) is 29.9. The van der Waals surface area contributed by atoms with Gasteiger partial charge in [0.1, 0.15) is 24.7 Å². The molecule has 0 saturated heterocycles. The molecule has 38 heavy (non-hydrogen) atoms. The predicted octanol–water partition coefficient (Wildman–Crippen LogP) is 1.52. The zero-order chi connectivity index (χ0) is 28.7. The normalized spacial score (nSPS) is 13.8. The zero-order valence-electron chi connectivity index (χ0n) is 22.4. The van der Waals surface area contributed by atoms with Crippen molar-refractivity contribution in [2.45, 2.75) is 67.2 Å². The topological polar surface area (TPSA) is 178 Å². The molecule has 13 heteroatoms. The highest BCUT2D eigenvalue weighted by molar-refractivity contribution is 5.90. The van der Waals surface area contributed by atoms with E-state index in [2.05, 4.69) is 10.1 Å². The molecule has 0 amide bonds. The Morgan fingerprint density at radius 3 is 2.11 bits per heavy atom.